The number of benzene rings is 3. The van der Waals surface area contributed by atoms with Crippen LogP contribution in [0.5, 0.6) is 0 Å². The quantitative estimate of drug-likeness (QED) is 0.286. The maximum atomic E-state index is 11.3. The van der Waals surface area contributed by atoms with Crippen molar-refractivity contribution in [3.8, 4) is 0 Å². The van der Waals surface area contributed by atoms with E-state index in [9.17, 15) is 14.4 Å². The van der Waals surface area contributed by atoms with Crippen LogP contribution in [0.25, 0.3) is 0 Å². The lowest BCUT2D eigenvalue weighted by molar-refractivity contribution is 0.0592. The fourth-order valence-corrected chi connectivity index (χ4v) is 2.84. The molecule has 0 atom stereocenters. The summed E-state index contributed by atoms with van der Waals surface area (Å²) in [6.45, 7) is 0.988. The van der Waals surface area contributed by atoms with E-state index in [0.717, 1.165) is 16.7 Å². The van der Waals surface area contributed by atoms with Crippen LogP contribution in [0.1, 0.15) is 47.8 Å². The summed E-state index contributed by atoms with van der Waals surface area (Å²) in [5.41, 5.74) is 9.84. The van der Waals surface area contributed by atoms with Crippen LogP contribution in [0.4, 0.5) is 0 Å². The first-order valence-electron chi connectivity index (χ1n) is 10.6. The number of carbonyl (C=O) groups is 3. The minimum Gasteiger partial charge on any atom is -0.465 e. The molecule has 36 heavy (non-hydrogen) atoms. The molecule has 0 heterocycles. The van der Waals surface area contributed by atoms with Gasteiger partial charge in [0.2, 0.25) is 0 Å². The van der Waals surface area contributed by atoms with E-state index in [0.29, 0.717) is 29.8 Å². The van der Waals surface area contributed by atoms with Gasteiger partial charge in [-0.25, -0.2) is 14.4 Å². The average molecular weight is 513 g/mol. The van der Waals surface area contributed by atoms with Crippen molar-refractivity contribution in [2.24, 2.45) is 10.7 Å². The van der Waals surface area contributed by atoms with Crippen LogP contribution in [0.15, 0.2) is 77.8 Å². The summed E-state index contributed by atoms with van der Waals surface area (Å²) < 4.78 is 13.8. The van der Waals surface area contributed by atoms with Crippen molar-refractivity contribution in [1.82, 2.24) is 0 Å². The monoisotopic (exact) mass is 512 g/mol. The van der Waals surface area contributed by atoms with Crippen LogP contribution < -0.4 is 5.73 Å². The predicted molar refractivity (Wildman–Crippen MR) is 140 cm³/mol. The molecule has 0 saturated carbocycles. The molecule has 0 unspecified atom stereocenters. The molecule has 0 aliphatic heterocycles. The summed E-state index contributed by atoms with van der Waals surface area (Å²) in [5, 5.41) is 0. The third-order valence-electron chi connectivity index (χ3n) is 4.83. The second-order valence-corrected chi connectivity index (χ2v) is 7.16. The van der Waals surface area contributed by atoms with Gasteiger partial charge in [-0.3, -0.25) is 4.99 Å². The Kier molecular flexibility index (Phi) is 13.2. The summed E-state index contributed by atoms with van der Waals surface area (Å²) in [5.74, 6) is -1.04. The Balaban J connectivity index is 0.000000422. The SMILES string of the molecule is COC(=O)c1ccc(C=NCc2ccc(C(=O)OC)cc2)cc1.COC(=O)c1ccc(CN)cc1.Cl. The number of nitrogens with two attached hydrogens (primary N) is 1. The lowest BCUT2D eigenvalue weighted by atomic mass is 10.1. The van der Waals surface area contributed by atoms with Gasteiger partial charge in [-0.2, -0.15) is 0 Å². The molecule has 0 fully saturated rings. The van der Waals surface area contributed by atoms with E-state index in [1.54, 1.807) is 54.7 Å². The largest absolute Gasteiger partial charge is 0.465 e. The average Bonchev–Trinajstić information content (AvgIpc) is 2.92. The Morgan fingerprint density at radius 2 is 1.03 bits per heavy atom. The van der Waals surface area contributed by atoms with Crippen molar-refractivity contribution < 1.29 is 28.6 Å². The zero-order valence-electron chi connectivity index (χ0n) is 20.3. The fourth-order valence-electron chi connectivity index (χ4n) is 2.84. The van der Waals surface area contributed by atoms with Gasteiger partial charge in [-0.05, 0) is 53.1 Å². The molecular formula is C27H29ClN2O6. The smallest absolute Gasteiger partial charge is 0.337 e. The molecule has 3 aromatic rings. The third kappa shape index (κ3) is 9.32. The van der Waals surface area contributed by atoms with Gasteiger partial charge in [-0.1, -0.05) is 36.4 Å². The van der Waals surface area contributed by atoms with E-state index in [2.05, 4.69) is 19.2 Å². The molecule has 9 heteroatoms. The van der Waals surface area contributed by atoms with Crippen LogP contribution in [0.3, 0.4) is 0 Å². The number of aliphatic imine (C=N–C) groups is 1. The summed E-state index contributed by atoms with van der Waals surface area (Å²) >= 11 is 0. The number of nitrogens with zero attached hydrogens (tertiary/aromatic N) is 1. The normalized spacial score (nSPS) is 9.89. The zero-order chi connectivity index (χ0) is 25.6. The van der Waals surface area contributed by atoms with Crippen molar-refractivity contribution in [1.29, 1.82) is 0 Å². The Hall–Kier alpha value is -4.01. The first-order valence-corrected chi connectivity index (χ1v) is 10.6. The van der Waals surface area contributed by atoms with Gasteiger partial charge >= 0.3 is 17.9 Å². The van der Waals surface area contributed by atoms with E-state index < -0.39 is 0 Å². The van der Waals surface area contributed by atoms with Crippen molar-refractivity contribution >= 4 is 36.5 Å². The van der Waals surface area contributed by atoms with Gasteiger partial charge < -0.3 is 19.9 Å². The van der Waals surface area contributed by atoms with Gasteiger partial charge in [-0.15, -0.1) is 12.4 Å². The molecular weight excluding hydrogens is 484 g/mol. The van der Waals surface area contributed by atoms with Crippen molar-refractivity contribution in [2.45, 2.75) is 13.1 Å². The third-order valence-corrected chi connectivity index (χ3v) is 4.83. The van der Waals surface area contributed by atoms with E-state index in [1.165, 1.54) is 21.3 Å². The van der Waals surface area contributed by atoms with Gasteiger partial charge in [0, 0.05) is 12.8 Å². The van der Waals surface area contributed by atoms with Crippen LogP contribution in [-0.4, -0.2) is 45.5 Å². The number of hydrogen-bond donors (Lipinski definition) is 1. The Bertz CT molecular complexity index is 1140. The number of hydrogen-bond acceptors (Lipinski definition) is 8. The second kappa shape index (κ2) is 15.8. The van der Waals surface area contributed by atoms with Crippen molar-refractivity contribution in [3.63, 3.8) is 0 Å². The first kappa shape index (κ1) is 30.0. The van der Waals surface area contributed by atoms with Crippen molar-refractivity contribution in [2.75, 3.05) is 21.3 Å². The van der Waals surface area contributed by atoms with E-state index >= 15 is 0 Å². The van der Waals surface area contributed by atoms with Crippen LogP contribution >= 0.6 is 12.4 Å². The molecule has 3 aromatic carbocycles. The Labute approximate surface area is 216 Å². The molecule has 0 aromatic heterocycles. The predicted octanol–water partition coefficient (Wildman–Crippen LogP) is 4.23. The van der Waals surface area contributed by atoms with Crippen LogP contribution in [0.2, 0.25) is 0 Å². The highest BCUT2D eigenvalue weighted by molar-refractivity contribution is 5.91. The number of carbonyl (C=O) groups excluding carboxylic acids is 3. The highest BCUT2D eigenvalue weighted by Crippen LogP contribution is 2.08. The lowest BCUT2D eigenvalue weighted by Crippen LogP contribution is -2.02. The van der Waals surface area contributed by atoms with Crippen molar-refractivity contribution in [3.05, 3.63) is 106 Å². The second-order valence-electron chi connectivity index (χ2n) is 7.16. The molecule has 0 amide bonds. The van der Waals surface area contributed by atoms with Gasteiger partial charge in [0.1, 0.15) is 0 Å². The molecule has 0 bridgehead atoms. The van der Waals surface area contributed by atoms with Gasteiger partial charge in [0.15, 0.2) is 0 Å². The van der Waals surface area contributed by atoms with E-state index in [1.807, 2.05) is 24.3 Å². The topological polar surface area (TPSA) is 117 Å². The molecule has 190 valence electrons. The summed E-state index contributed by atoms with van der Waals surface area (Å²) in [4.78, 5) is 38.0. The minimum absolute atomic E-state index is 0. The lowest BCUT2D eigenvalue weighted by Gasteiger charge is -2.01. The minimum atomic E-state index is -0.362. The first-order chi connectivity index (χ1) is 16.9. The summed E-state index contributed by atoms with van der Waals surface area (Å²) in [6.07, 6.45) is 1.73. The molecule has 0 saturated heterocycles. The van der Waals surface area contributed by atoms with E-state index in [4.69, 9.17) is 5.73 Å². The standard InChI is InChI=1S/C18H17NO4.C9H11NO2.ClH/c1-22-17(20)15-7-3-13(4-8-15)11-19-12-14-5-9-16(10-6-14)18(21)23-2;1-12-9(11)8-4-2-7(6-10)3-5-8;/h3-11H,12H2,1-2H3;2-5H,6,10H2,1H3;1H. The van der Waals surface area contributed by atoms with E-state index in [-0.39, 0.29) is 30.3 Å². The highest BCUT2D eigenvalue weighted by atomic mass is 35.5. The number of esters is 3. The fraction of sp³-hybridized carbons (Fsp3) is 0.185. The maximum absolute atomic E-state index is 11.3. The Morgan fingerprint density at radius 3 is 1.39 bits per heavy atom. The molecule has 2 N–H and O–H groups in total. The van der Waals surface area contributed by atoms with Gasteiger partial charge in [0.05, 0.1) is 44.6 Å². The molecule has 0 radical (unpaired) electrons. The van der Waals surface area contributed by atoms with Crippen LogP contribution in [0, 0.1) is 0 Å². The number of methoxy groups -OCH3 is 3. The van der Waals surface area contributed by atoms with Crippen LogP contribution in [-0.2, 0) is 27.3 Å². The number of ether oxygens (including phenoxy) is 3. The Morgan fingerprint density at radius 1 is 0.667 bits per heavy atom. The molecule has 8 nitrogen and oxygen atoms in total. The number of rotatable bonds is 7. The molecule has 3 rings (SSSR count). The zero-order valence-corrected chi connectivity index (χ0v) is 21.1. The maximum Gasteiger partial charge on any atom is 0.337 e. The highest BCUT2D eigenvalue weighted by Gasteiger charge is 2.05. The molecule has 0 spiro atoms. The molecule has 0 aliphatic rings. The van der Waals surface area contributed by atoms with Gasteiger partial charge in [0.25, 0.3) is 0 Å². The summed E-state index contributed by atoms with van der Waals surface area (Å²) in [7, 11) is 4.06. The number of halogens is 1. The summed E-state index contributed by atoms with van der Waals surface area (Å²) in [6, 6.07) is 21.1. The molecule has 0 aliphatic carbocycles.